The second kappa shape index (κ2) is 4.02. The first-order chi connectivity index (χ1) is 7.31. The monoisotopic (exact) mass is 202 g/mol. The van der Waals surface area contributed by atoms with Crippen LogP contribution in [0.3, 0.4) is 0 Å². The number of hydrogen-bond donors (Lipinski definition) is 1. The van der Waals surface area contributed by atoms with Crippen molar-refractivity contribution in [1.29, 1.82) is 0 Å². The third kappa shape index (κ3) is 1.92. The molecule has 0 aliphatic heterocycles. The van der Waals surface area contributed by atoms with Crippen molar-refractivity contribution in [2.75, 3.05) is 0 Å². The van der Waals surface area contributed by atoms with E-state index in [1.54, 1.807) is 17.0 Å². The van der Waals surface area contributed by atoms with Crippen molar-refractivity contribution in [3.63, 3.8) is 0 Å². The second-order valence-electron chi connectivity index (χ2n) is 3.00. The summed E-state index contributed by atoms with van der Waals surface area (Å²) in [5.74, 6) is 0.708. The molecule has 0 fully saturated rings. The van der Waals surface area contributed by atoms with Crippen LogP contribution in [0.1, 0.15) is 5.56 Å². The molecule has 5 nitrogen and oxygen atoms in total. The van der Waals surface area contributed by atoms with Gasteiger partial charge in [0.15, 0.2) is 0 Å². The average molecular weight is 202 g/mol. The maximum Gasteiger partial charge on any atom is 0.277 e. The zero-order valence-electron chi connectivity index (χ0n) is 8.00. The van der Waals surface area contributed by atoms with Crippen molar-refractivity contribution < 1.29 is 0 Å². The van der Waals surface area contributed by atoms with Crippen LogP contribution in [0, 0.1) is 0 Å². The van der Waals surface area contributed by atoms with E-state index in [1.807, 2.05) is 18.2 Å². The molecule has 0 saturated heterocycles. The fourth-order valence-corrected chi connectivity index (χ4v) is 1.23. The predicted molar refractivity (Wildman–Crippen MR) is 55.5 cm³/mol. The molecule has 0 radical (unpaired) electrons. The van der Waals surface area contributed by atoms with Crippen LogP contribution >= 0.6 is 0 Å². The van der Waals surface area contributed by atoms with Crippen molar-refractivity contribution in [3.05, 3.63) is 52.8 Å². The van der Waals surface area contributed by atoms with Gasteiger partial charge >= 0.3 is 0 Å². The molecule has 0 bridgehead atoms. The Labute approximate surface area is 86.2 Å². The van der Waals surface area contributed by atoms with Gasteiger partial charge in [-0.3, -0.25) is 9.36 Å². The van der Waals surface area contributed by atoms with E-state index in [1.165, 1.54) is 6.33 Å². The lowest BCUT2D eigenvalue weighted by Crippen LogP contribution is -2.18. The molecule has 0 saturated carbocycles. The van der Waals surface area contributed by atoms with Crippen LogP contribution in [0.15, 0.2) is 41.7 Å². The summed E-state index contributed by atoms with van der Waals surface area (Å²) in [6.07, 6.45) is 4.76. The summed E-state index contributed by atoms with van der Waals surface area (Å²) >= 11 is 0. The molecule has 2 aromatic rings. The average Bonchev–Trinajstić information content (AvgIpc) is 2.31. The van der Waals surface area contributed by atoms with Crippen molar-refractivity contribution in [1.82, 2.24) is 14.5 Å². The van der Waals surface area contributed by atoms with Gasteiger partial charge in [0.05, 0.1) is 0 Å². The minimum atomic E-state index is -0.287. The smallest absolute Gasteiger partial charge is 0.277 e. The Morgan fingerprint density at radius 1 is 1.33 bits per heavy atom. The summed E-state index contributed by atoms with van der Waals surface area (Å²) in [6.45, 7) is 0.180. The van der Waals surface area contributed by atoms with Crippen LogP contribution in [0.2, 0.25) is 0 Å². The van der Waals surface area contributed by atoms with Crippen molar-refractivity contribution in [2.24, 2.45) is 5.73 Å². The highest BCUT2D eigenvalue weighted by atomic mass is 16.1. The lowest BCUT2D eigenvalue weighted by Gasteiger charge is -2.04. The molecule has 0 aliphatic rings. The molecule has 2 heterocycles. The molecule has 0 aliphatic carbocycles. The topological polar surface area (TPSA) is 73.8 Å². The number of hydrogen-bond acceptors (Lipinski definition) is 4. The summed E-state index contributed by atoms with van der Waals surface area (Å²) in [5, 5.41) is 0. The minimum absolute atomic E-state index is 0.180. The maximum atomic E-state index is 11.2. The van der Waals surface area contributed by atoms with Gasteiger partial charge in [-0.05, 0) is 12.1 Å². The van der Waals surface area contributed by atoms with Gasteiger partial charge in [0.25, 0.3) is 5.56 Å². The van der Waals surface area contributed by atoms with Gasteiger partial charge in [-0.15, -0.1) is 0 Å². The summed E-state index contributed by atoms with van der Waals surface area (Å²) < 4.78 is 1.67. The van der Waals surface area contributed by atoms with E-state index in [0.29, 0.717) is 11.4 Å². The Balaban J connectivity index is 2.51. The van der Waals surface area contributed by atoms with Crippen LogP contribution in [0.25, 0.3) is 5.82 Å². The van der Waals surface area contributed by atoms with Crippen molar-refractivity contribution >= 4 is 0 Å². The summed E-state index contributed by atoms with van der Waals surface area (Å²) in [4.78, 5) is 19.1. The Kier molecular flexibility index (Phi) is 2.55. The Hall–Kier alpha value is -2.01. The van der Waals surface area contributed by atoms with Gasteiger partial charge in [-0.1, -0.05) is 6.07 Å². The molecule has 15 heavy (non-hydrogen) atoms. The zero-order chi connectivity index (χ0) is 10.7. The first-order valence-corrected chi connectivity index (χ1v) is 4.50. The molecule has 76 valence electrons. The quantitative estimate of drug-likeness (QED) is 0.748. The van der Waals surface area contributed by atoms with Crippen LogP contribution < -0.4 is 11.3 Å². The molecule has 2 aromatic heterocycles. The summed E-state index contributed by atoms with van der Waals surface area (Å²) in [5.41, 5.74) is 5.61. The van der Waals surface area contributed by atoms with E-state index in [9.17, 15) is 4.79 Å². The highest BCUT2D eigenvalue weighted by molar-refractivity contribution is 5.22. The highest BCUT2D eigenvalue weighted by Gasteiger charge is 2.00. The Bertz CT molecular complexity index is 506. The number of aromatic nitrogens is 3. The van der Waals surface area contributed by atoms with E-state index in [-0.39, 0.29) is 12.1 Å². The first kappa shape index (κ1) is 9.54. The molecule has 0 amide bonds. The van der Waals surface area contributed by atoms with Gasteiger partial charge in [-0.25, -0.2) is 4.98 Å². The van der Waals surface area contributed by atoms with E-state index in [2.05, 4.69) is 9.97 Å². The third-order valence-electron chi connectivity index (χ3n) is 2.00. The SMILES string of the molecule is NCc1cn(-c2ccccn2)cnc1=O. The van der Waals surface area contributed by atoms with E-state index < -0.39 is 0 Å². The molecule has 2 N–H and O–H groups in total. The standard InChI is InChI=1S/C10H10N4O/c11-5-8-6-14(7-13-10(8)15)9-3-1-2-4-12-9/h1-4,6-7H,5,11H2. The molecular formula is C10H10N4O. The van der Waals surface area contributed by atoms with Crippen molar-refractivity contribution in [3.8, 4) is 5.82 Å². The van der Waals surface area contributed by atoms with E-state index in [4.69, 9.17) is 5.73 Å². The lowest BCUT2D eigenvalue weighted by molar-refractivity contribution is 0.877. The number of rotatable bonds is 2. The van der Waals surface area contributed by atoms with Crippen molar-refractivity contribution in [2.45, 2.75) is 6.54 Å². The molecule has 0 aromatic carbocycles. The molecule has 5 heteroatoms. The predicted octanol–water partition coefficient (Wildman–Crippen LogP) is 0.0862. The van der Waals surface area contributed by atoms with Gasteiger partial charge in [0, 0.05) is 24.5 Å². The number of pyridine rings is 1. The highest BCUT2D eigenvalue weighted by Crippen LogP contribution is 2.01. The lowest BCUT2D eigenvalue weighted by atomic mass is 10.3. The largest absolute Gasteiger partial charge is 0.326 e. The maximum absolute atomic E-state index is 11.2. The normalized spacial score (nSPS) is 10.2. The zero-order valence-corrected chi connectivity index (χ0v) is 8.00. The molecule has 0 unspecified atom stereocenters. The molecular weight excluding hydrogens is 192 g/mol. The van der Waals surface area contributed by atoms with Crippen LogP contribution in [0.4, 0.5) is 0 Å². The number of nitrogens with two attached hydrogens (primary N) is 1. The van der Waals surface area contributed by atoms with Crippen LogP contribution in [-0.2, 0) is 6.54 Å². The summed E-state index contributed by atoms with van der Waals surface area (Å²) in [7, 11) is 0. The number of nitrogens with zero attached hydrogens (tertiary/aromatic N) is 3. The van der Waals surface area contributed by atoms with Gasteiger partial charge in [-0.2, -0.15) is 4.98 Å². The van der Waals surface area contributed by atoms with Gasteiger partial charge in [0.1, 0.15) is 12.1 Å². The van der Waals surface area contributed by atoms with Crippen LogP contribution in [-0.4, -0.2) is 14.5 Å². The van der Waals surface area contributed by atoms with Gasteiger partial charge in [0.2, 0.25) is 0 Å². The van der Waals surface area contributed by atoms with Crippen LogP contribution in [0.5, 0.6) is 0 Å². The fourth-order valence-electron chi connectivity index (χ4n) is 1.23. The molecule has 0 spiro atoms. The first-order valence-electron chi connectivity index (χ1n) is 4.50. The Morgan fingerprint density at radius 2 is 2.20 bits per heavy atom. The molecule has 2 rings (SSSR count). The molecule has 0 atom stereocenters. The fraction of sp³-hybridized carbons (Fsp3) is 0.100. The third-order valence-corrected chi connectivity index (χ3v) is 2.00. The summed E-state index contributed by atoms with van der Waals surface area (Å²) in [6, 6.07) is 5.51. The second-order valence-corrected chi connectivity index (χ2v) is 3.00. The van der Waals surface area contributed by atoms with Gasteiger partial charge < -0.3 is 5.73 Å². The van der Waals surface area contributed by atoms with E-state index >= 15 is 0 Å². The van der Waals surface area contributed by atoms with E-state index in [0.717, 1.165) is 0 Å². The minimum Gasteiger partial charge on any atom is -0.326 e. The Morgan fingerprint density at radius 3 is 2.87 bits per heavy atom.